The molecular formula is C10H16N4O2S2. The van der Waals surface area contributed by atoms with Gasteiger partial charge in [0.05, 0.1) is 5.75 Å². The molecule has 1 aromatic rings. The molecule has 2 N–H and O–H groups in total. The van der Waals surface area contributed by atoms with Crippen LogP contribution in [-0.4, -0.2) is 34.4 Å². The summed E-state index contributed by atoms with van der Waals surface area (Å²) in [7, 11) is 0. The average Bonchev–Trinajstić information content (AvgIpc) is 2.70. The molecule has 18 heavy (non-hydrogen) atoms. The number of carbonyl (C=O) groups is 2. The molecule has 0 atom stereocenters. The van der Waals surface area contributed by atoms with Crippen molar-refractivity contribution in [3.63, 3.8) is 0 Å². The number of amides is 3. The van der Waals surface area contributed by atoms with E-state index in [9.17, 15) is 9.59 Å². The molecule has 0 fully saturated rings. The third kappa shape index (κ3) is 5.97. The Kier molecular flexibility index (Phi) is 6.06. The summed E-state index contributed by atoms with van der Waals surface area (Å²) in [6.45, 7) is 6.36. The van der Waals surface area contributed by atoms with Crippen LogP contribution in [0.25, 0.3) is 0 Å². The molecule has 6 nitrogen and oxygen atoms in total. The number of aromatic nitrogens is 2. The molecule has 1 heterocycles. The van der Waals surface area contributed by atoms with Crippen LogP contribution in [0.5, 0.6) is 0 Å². The lowest BCUT2D eigenvalue weighted by atomic mass is 10.2. The first-order valence-corrected chi connectivity index (χ1v) is 7.28. The van der Waals surface area contributed by atoms with Crippen molar-refractivity contribution in [3.05, 3.63) is 5.01 Å². The summed E-state index contributed by atoms with van der Waals surface area (Å²) in [6.07, 6.45) is 0. The number of rotatable bonds is 5. The van der Waals surface area contributed by atoms with Crippen LogP contribution in [0.4, 0.5) is 4.79 Å². The Bertz CT molecular complexity index is 420. The normalized spacial score (nSPS) is 10.4. The van der Waals surface area contributed by atoms with E-state index in [0.29, 0.717) is 12.5 Å². The molecule has 0 saturated carbocycles. The number of hydrogen-bond donors (Lipinski definition) is 2. The maximum atomic E-state index is 11.4. The van der Waals surface area contributed by atoms with Crippen molar-refractivity contribution >= 4 is 35.0 Å². The van der Waals surface area contributed by atoms with Crippen molar-refractivity contribution in [3.8, 4) is 0 Å². The maximum absolute atomic E-state index is 11.4. The lowest BCUT2D eigenvalue weighted by Crippen LogP contribution is -2.41. The van der Waals surface area contributed by atoms with Gasteiger partial charge in [-0.25, -0.2) is 4.79 Å². The molecule has 8 heteroatoms. The summed E-state index contributed by atoms with van der Waals surface area (Å²) >= 11 is 2.69. The van der Waals surface area contributed by atoms with Gasteiger partial charge in [-0.05, 0) is 12.8 Å². The first kappa shape index (κ1) is 14.9. The second-order valence-electron chi connectivity index (χ2n) is 4.03. The molecule has 3 amide bonds. The molecule has 0 aliphatic heterocycles. The highest BCUT2D eigenvalue weighted by Crippen LogP contribution is 2.21. The number of hydrogen-bond acceptors (Lipinski definition) is 6. The van der Waals surface area contributed by atoms with Crippen LogP contribution in [0.3, 0.4) is 0 Å². The SMILES string of the molecule is Cc1nnc(SCC(=O)NC(=O)NCC(C)C)s1. The molecule has 0 aliphatic carbocycles. The summed E-state index contributed by atoms with van der Waals surface area (Å²) in [5.74, 6) is 0.169. The predicted octanol–water partition coefficient (Wildman–Crippen LogP) is 1.42. The van der Waals surface area contributed by atoms with Crippen LogP contribution in [0.1, 0.15) is 18.9 Å². The van der Waals surface area contributed by atoms with Crippen molar-refractivity contribution in [1.29, 1.82) is 0 Å². The Morgan fingerprint density at radius 1 is 1.39 bits per heavy atom. The molecule has 1 rings (SSSR count). The largest absolute Gasteiger partial charge is 0.338 e. The van der Waals surface area contributed by atoms with E-state index in [1.807, 2.05) is 20.8 Å². The van der Waals surface area contributed by atoms with E-state index in [0.717, 1.165) is 9.35 Å². The van der Waals surface area contributed by atoms with E-state index < -0.39 is 6.03 Å². The van der Waals surface area contributed by atoms with Gasteiger partial charge in [-0.15, -0.1) is 10.2 Å². The van der Waals surface area contributed by atoms with Gasteiger partial charge in [-0.2, -0.15) is 0 Å². The molecule has 0 radical (unpaired) electrons. The first-order chi connectivity index (χ1) is 8.47. The van der Waals surface area contributed by atoms with Gasteiger partial charge in [-0.3, -0.25) is 10.1 Å². The fourth-order valence-corrected chi connectivity index (χ4v) is 2.58. The number of urea groups is 1. The fourth-order valence-electron chi connectivity index (χ4n) is 0.968. The van der Waals surface area contributed by atoms with Gasteiger partial charge in [0.2, 0.25) is 5.91 Å². The zero-order chi connectivity index (χ0) is 13.5. The summed E-state index contributed by atoms with van der Waals surface area (Å²) in [5.41, 5.74) is 0. The van der Waals surface area contributed by atoms with Gasteiger partial charge >= 0.3 is 6.03 Å². The highest BCUT2D eigenvalue weighted by molar-refractivity contribution is 8.01. The number of imide groups is 1. The molecule has 0 spiro atoms. The van der Waals surface area contributed by atoms with E-state index in [1.54, 1.807) is 0 Å². The van der Waals surface area contributed by atoms with Crippen LogP contribution in [0.15, 0.2) is 4.34 Å². The smallest absolute Gasteiger partial charge is 0.321 e. The van der Waals surface area contributed by atoms with Gasteiger partial charge < -0.3 is 5.32 Å². The van der Waals surface area contributed by atoms with E-state index in [2.05, 4.69) is 20.8 Å². The molecule has 0 bridgehead atoms. The number of nitrogens with one attached hydrogen (secondary N) is 2. The van der Waals surface area contributed by atoms with Gasteiger partial charge in [0.1, 0.15) is 5.01 Å². The molecule has 1 aromatic heterocycles. The van der Waals surface area contributed by atoms with E-state index in [-0.39, 0.29) is 11.7 Å². The van der Waals surface area contributed by atoms with Crippen molar-refractivity contribution in [2.75, 3.05) is 12.3 Å². The lowest BCUT2D eigenvalue weighted by Gasteiger charge is -2.07. The monoisotopic (exact) mass is 288 g/mol. The fraction of sp³-hybridized carbons (Fsp3) is 0.600. The van der Waals surface area contributed by atoms with E-state index >= 15 is 0 Å². The second-order valence-corrected chi connectivity index (χ2v) is 6.43. The number of carbonyl (C=O) groups excluding carboxylic acids is 2. The molecular weight excluding hydrogens is 272 g/mol. The first-order valence-electron chi connectivity index (χ1n) is 5.48. The molecule has 0 aromatic carbocycles. The van der Waals surface area contributed by atoms with Crippen LogP contribution in [0.2, 0.25) is 0 Å². The van der Waals surface area contributed by atoms with Gasteiger partial charge in [0, 0.05) is 6.54 Å². The quantitative estimate of drug-likeness (QED) is 0.801. The van der Waals surface area contributed by atoms with Gasteiger partial charge in [0.15, 0.2) is 4.34 Å². The zero-order valence-corrected chi connectivity index (χ0v) is 12.2. The predicted molar refractivity (Wildman–Crippen MR) is 71.7 cm³/mol. The summed E-state index contributed by atoms with van der Waals surface area (Å²) in [4.78, 5) is 22.7. The Balaban J connectivity index is 2.23. The van der Waals surface area contributed by atoms with Crippen LogP contribution < -0.4 is 10.6 Å². The van der Waals surface area contributed by atoms with Crippen molar-refractivity contribution < 1.29 is 9.59 Å². The van der Waals surface area contributed by atoms with Gasteiger partial charge in [0.25, 0.3) is 0 Å². The molecule has 0 saturated heterocycles. The van der Waals surface area contributed by atoms with E-state index in [4.69, 9.17) is 0 Å². The van der Waals surface area contributed by atoms with Crippen molar-refractivity contribution in [2.45, 2.75) is 25.1 Å². The minimum atomic E-state index is -0.456. The lowest BCUT2D eigenvalue weighted by molar-refractivity contribution is -0.117. The zero-order valence-electron chi connectivity index (χ0n) is 10.5. The van der Waals surface area contributed by atoms with Crippen LogP contribution in [-0.2, 0) is 4.79 Å². The Morgan fingerprint density at radius 2 is 2.11 bits per heavy atom. The van der Waals surface area contributed by atoms with E-state index in [1.165, 1.54) is 23.1 Å². The highest BCUT2D eigenvalue weighted by atomic mass is 32.2. The number of nitrogens with zero attached hydrogens (tertiary/aromatic N) is 2. The Hall–Kier alpha value is -1.15. The number of aryl methyl sites for hydroxylation is 1. The third-order valence-corrected chi connectivity index (χ3v) is 3.73. The minimum Gasteiger partial charge on any atom is -0.338 e. The van der Waals surface area contributed by atoms with Crippen LogP contribution in [0, 0.1) is 12.8 Å². The average molecular weight is 288 g/mol. The Labute approximate surface area is 114 Å². The summed E-state index contributed by atoms with van der Waals surface area (Å²) < 4.78 is 0.727. The van der Waals surface area contributed by atoms with Gasteiger partial charge in [-0.1, -0.05) is 36.9 Å². The van der Waals surface area contributed by atoms with Crippen molar-refractivity contribution in [2.24, 2.45) is 5.92 Å². The molecule has 0 unspecified atom stereocenters. The topological polar surface area (TPSA) is 84.0 Å². The number of thioether (sulfide) groups is 1. The highest BCUT2D eigenvalue weighted by Gasteiger charge is 2.10. The summed E-state index contributed by atoms with van der Waals surface area (Å²) in [5, 5.41) is 13.4. The van der Waals surface area contributed by atoms with Crippen LogP contribution >= 0.6 is 23.1 Å². The maximum Gasteiger partial charge on any atom is 0.321 e. The standard InChI is InChI=1S/C10H16N4O2S2/c1-6(2)4-11-9(16)12-8(15)5-17-10-14-13-7(3)18-10/h6H,4-5H2,1-3H3,(H2,11,12,15,16). The minimum absolute atomic E-state index is 0.156. The Morgan fingerprint density at radius 3 is 2.67 bits per heavy atom. The third-order valence-electron chi connectivity index (χ3n) is 1.76. The molecule has 100 valence electrons. The second kappa shape index (κ2) is 7.32. The summed E-state index contributed by atoms with van der Waals surface area (Å²) in [6, 6.07) is -0.456. The molecule has 0 aliphatic rings. The van der Waals surface area contributed by atoms with Crippen molar-refractivity contribution in [1.82, 2.24) is 20.8 Å².